The Balaban J connectivity index is 1.32. The molecule has 1 saturated carbocycles. The molecule has 13 nitrogen and oxygen atoms in total. The van der Waals surface area contributed by atoms with Gasteiger partial charge >= 0.3 is 6.09 Å². The number of anilines is 1. The fraction of sp³-hybridized carbons (Fsp3) is 0.500. The Morgan fingerprint density at radius 3 is 2.73 bits per heavy atom. The molecule has 15 heteroatoms. The van der Waals surface area contributed by atoms with Crippen molar-refractivity contribution in [3.8, 4) is 11.6 Å². The zero-order valence-electron chi connectivity index (χ0n) is 32.0. The summed E-state index contributed by atoms with van der Waals surface area (Å²) in [5.41, 5.74) is 3.12. The normalized spacial score (nSPS) is 28.3. The van der Waals surface area contributed by atoms with Crippen LogP contribution in [0.15, 0.2) is 59.1 Å². The number of hydrogen-bond donors (Lipinski definition) is 1. The van der Waals surface area contributed by atoms with Crippen LogP contribution < -0.4 is 19.1 Å². The van der Waals surface area contributed by atoms with Gasteiger partial charge in [-0.3, -0.25) is 19.0 Å². The highest BCUT2D eigenvalue weighted by Crippen LogP contribution is 2.47. The molecule has 6 atom stereocenters. The van der Waals surface area contributed by atoms with Gasteiger partial charge in [-0.05, 0) is 97.9 Å². The number of nitrogens with zero attached hydrogens (tertiary/aromatic N) is 5. The summed E-state index contributed by atoms with van der Waals surface area (Å²) < 4.78 is 40.9. The third kappa shape index (κ3) is 8.07. The van der Waals surface area contributed by atoms with Crippen molar-refractivity contribution in [2.24, 2.45) is 29.2 Å². The summed E-state index contributed by atoms with van der Waals surface area (Å²) in [7, 11) is 2.68. The van der Waals surface area contributed by atoms with Gasteiger partial charge in [-0.1, -0.05) is 30.7 Å². The van der Waals surface area contributed by atoms with Crippen LogP contribution in [0.3, 0.4) is 0 Å². The van der Waals surface area contributed by atoms with Gasteiger partial charge < -0.3 is 24.0 Å². The maximum Gasteiger partial charge on any atom is 0.409 e. The van der Waals surface area contributed by atoms with E-state index in [4.69, 9.17) is 25.8 Å². The summed E-state index contributed by atoms with van der Waals surface area (Å²) in [4.78, 5) is 44.4. The summed E-state index contributed by atoms with van der Waals surface area (Å²) in [5.74, 6) is -0.904. The lowest BCUT2D eigenvalue weighted by Crippen LogP contribution is -2.50. The molecule has 55 heavy (non-hydrogen) atoms. The highest BCUT2D eigenvalue weighted by atomic mass is 35.5. The second kappa shape index (κ2) is 15.5. The van der Waals surface area contributed by atoms with Crippen molar-refractivity contribution in [2.45, 2.75) is 57.0 Å². The van der Waals surface area contributed by atoms with E-state index >= 15 is 0 Å². The fourth-order valence-corrected chi connectivity index (χ4v) is 10.5. The average Bonchev–Trinajstić information content (AvgIpc) is 3.44. The molecule has 294 valence electrons. The summed E-state index contributed by atoms with van der Waals surface area (Å²) in [6.45, 7) is 3.59. The van der Waals surface area contributed by atoms with Crippen LogP contribution in [0.2, 0.25) is 5.02 Å². The molecule has 0 saturated heterocycles. The Kier molecular flexibility index (Phi) is 10.9. The molecular formula is C40H49ClN6O7S. The first-order chi connectivity index (χ1) is 26.3. The zero-order valence-corrected chi connectivity index (χ0v) is 33.5. The summed E-state index contributed by atoms with van der Waals surface area (Å²) in [6, 6.07) is 11.3. The predicted molar refractivity (Wildman–Crippen MR) is 210 cm³/mol. The zero-order chi connectivity index (χ0) is 39.1. The third-order valence-electron chi connectivity index (χ3n) is 11.3. The van der Waals surface area contributed by atoms with Crippen LogP contribution in [0.1, 0.15) is 70.9 Å². The van der Waals surface area contributed by atoms with Crippen molar-refractivity contribution >= 4 is 45.1 Å². The van der Waals surface area contributed by atoms with Crippen molar-refractivity contribution in [2.75, 3.05) is 51.6 Å². The van der Waals surface area contributed by atoms with Gasteiger partial charge in [0.1, 0.15) is 27.3 Å². The molecule has 1 N–H and O–H groups in total. The Labute approximate surface area is 327 Å². The molecule has 3 aromatic rings. The van der Waals surface area contributed by atoms with E-state index in [-0.39, 0.29) is 45.9 Å². The van der Waals surface area contributed by atoms with Crippen LogP contribution in [0.4, 0.5) is 10.5 Å². The van der Waals surface area contributed by atoms with Crippen molar-refractivity contribution in [3.63, 3.8) is 0 Å². The number of allylic oxidation sites excluding steroid dienone is 1. The third-order valence-corrected chi connectivity index (χ3v) is 13.6. The molecule has 1 aromatic heterocycles. The van der Waals surface area contributed by atoms with Crippen LogP contribution in [-0.2, 0) is 33.5 Å². The minimum atomic E-state index is -3.68. The number of carbonyl (C=O) groups is 3. The predicted octanol–water partition coefficient (Wildman–Crippen LogP) is 6.20. The number of methoxy groups -OCH3 is 1. The molecule has 7 rings (SSSR count). The van der Waals surface area contributed by atoms with Crippen molar-refractivity contribution in [1.29, 1.82) is 0 Å². The van der Waals surface area contributed by atoms with Crippen LogP contribution in [0.5, 0.6) is 11.6 Å². The van der Waals surface area contributed by atoms with Crippen molar-refractivity contribution < 1.29 is 32.8 Å². The first kappa shape index (κ1) is 38.7. The van der Waals surface area contributed by atoms with E-state index in [1.54, 1.807) is 39.3 Å². The Bertz CT molecular complexity index is 2140. The number of amides is 3. The number of ether oxygens (including phenoxy) is 3. The molecule has 2 bridgehead atoms. The van der Waals surface area contributed by atoms with Crippen LogP contribution in [-0.4, -0.2) is 89.6 Å². The number of carbonyl (C=O) groups excluding carboxylic acids is 3. The minimum Gasteiger partial charge on any atom is -0.490 e. The molecule has 1 fully saturated rings. The van der Waals surface area contributed by atoms with E-state index in [0.717, 1.165) is 37.8 Å². The van der Waals surface area contributed by atoms with E-state index in [0.29, 0.717) is 36.9 Å². The van der Waals surface area contributed by atoms with Gasteiger partial charge in [0, 0.05) is 62.3 Å². The molecule has 0 radical (unpaired) electrons. The van der Waals surface area contributed by atoms with E-state index in [1.165, 1.54) is 34.0 Å². The number of halogens is 1. The molecule has 2 aliphatic heterocycles. The SMILES string of the molecule is COc1nn(C)cc1C(=O)NS1(=O)=NC(=O)c2ccc3c(c2)N(C[C@@H]2CC[C@H]2[C@@H](OC(=O)N(C)C)/C=C\C[C@H](C)C1)C[C@@]1(CCCc2cc(Cl)ccc21)CO3. The van der Waals surface area contributed by atoms with Crippen LogP contribution in [0, 0.1) is 17.8 Å². The maximum atomic E-state index is 14.7. The molecular weight excluding hydrogens is 744 g/mol. The Hall–Kier alpha value is -4.56. The topological polar surface area (TPSA) is 145 Å². The van der Waals surface area contributed by atoms with E-state index in [9.17, 15) is 18.6 Å². The first-order valence-electron chi connectivity index (χ1n) is 18.8. The highest BCUT2D eigenvalue weighted by Gasteiger charge is 2.45. The quantitative estimate of drug-likeness (QED) is 0.306. The molecule has 4 aliphatic rings. The smallest absolute Gasteiger partial charge is 0.409 e. The van der Waals surface area contributed by atoms with Gasteiger partial charge in [-0.25, -0.2) is 9.00 Å². The number of aryl methyl sites for hydroxylation is 2. The second-order valence-electron chi connectivity index (χ2n) is 15.7. The lowest BCUT2D eigenvalue weighted by Gasteiger charge is -2.46. The Morgan fingerprint density at radius 1 is 1.16 bits per heavy atom. The average molecular weight is 793 g/mol. The molecule has 1 spiro atoms. The number of aromatic nitrogens is 2. The molecule has 1 unspecified atom stereocenters. The number of rotatable bonds is 4. The van der Waals surface area contributed by atoms with E-state index in [1.807, 2.05) is 25.1 Å². The summed E-state index contributed by atoms with van der Waals surface area (Å²) in [5, 5.41) is 4.85. The summed E-state index contributed by atoms with van der Waals surface area (Å²) >= 11 is 6.47. The van der Waals surface area contributed by atoms with Gasteiger partial charge in [0.2, 0.25) is 5.88 Å². The summed E-state index contributed by atoms with van der Waals surface area (Å²) in [6.07, 6.45) is 9.52. The van der Waals surface area contributed by atoms with Gasteiger partial charge in [0.15, 0.2) is 0 Å². The van der Waals surface area contributed by atoms with Crippen LogP contribution in [0.25, 0.3) is 0 Å². The monoisotopic (exact) mass is 792 g/mol. The highest BCUT2D eigenvalue weighted by molar-refractivity contribution is 7.92. The lowest BCUT2D eigenvalue weighted by molar-refractivity contribution is 0.0140. The van der Waals surface area contributed by atoms with Crippen molar-refractivity contribution in [1.82, 2.24) is 19.4 Å². The second-order valence-corrected chi connectivity index (χ2v) is 18.1. The van der Waals surface area contributed by atoms with Crippen molar-refractivity contribution in [3.05, 3.63) is 82.0 Å². The number of benzene rings is 2. The Morgan fingerprint density at radius 2 is 1.98 bits per heavy atom. The number of nitrogens with one attached hydrogen (secondary N) is 1. The number of fused-ring (bicyclic) bond motifs is 4. The maximum absolute atomic E-state index is 14.7. The van der Waals surface area contributed by atoms with E-state index < -0.39 is 33.9 Å². The first-order valence-corrected chi connectivity index (χ1v) is 20.9. The fourth-order valence-electron chi connectivity index (χ4n) is 8.44. The molecule has 3 amide bonds. The van der Waals surface area contributed by atoms with Crippen LogP contribution >= 0.6 is 11.6 Å². The van der Waals surface area contributed by atoms with Gasteiger partial charge in [-0.2, -0.15) is 0 Å². The largest absolute Gasteiger partial charge is 0.490 e. The molecule has 2 aliphatic carbocycles. The molecule has 2 aromatic carbocycles. The van der Waals surface area contributed by atoms with Gasteiger partial charge in [0.05, 0.1) is 25.2 Å². The standard InChI is InChI=1S/C40H49ClN6O7S/c1-25-8-6-10-34(54-39(50)45(2)3)30-14-11-28(30)20-47-23-40(17-7-9-26-18-29(41)13-15-32(26)40)24-53-35-16-12-27(19-33(35)47)36(48)43-55(51,22-25)44-37(49)31-21-46(4)42-38(31)52-5/h6,10,12-13,15-16,18-19,21,25,28,30,34H,7-9,11,14,17,20,22-24H2,1-5H3,(H,43,44,48,49,51)/b10-6-/t25-,28-,30+,34-,40-,55?/m0/s1. The van der Waals surface area contributed by atoms with E-state index in [2.05, 4.69) is 31.2 Å². The van der Waals surface area contributed by atoms with Gasteiger partial charge in [-0.15, -0.1) is 9.46 Å². The lowest BCUT2D eigenvalue weighted by atomic mass is 9.68. The minimum absolute atomic E-state index is 0.0541. The van der Waals surface area contributed by atoms with Gasteiger partial charge in [0.25, 0.3) is 11.8 Å². The molecule has 3 heterocycles. The number of hydrogen-bond acceptors (Lipinski definition) is 9.